The zero-order valence-corrected chi connectivity index (χ0v) is 31.5. The van der Waals surface area contributed by atoms with Gasteiger partial charge in [0.15, 0.2) is 0 Å². The van der Waals surface area contributed by atoms with Crippen molar-refractivity contribution in [3.05, 3.63) is 95.6 Å². The number of benzene rings is 3. The van der Waals surface area contributed by atoms with Crippen molar-refractivity contribution in [2.75, 3.05) is 6.61 Å². The normalized spacial score (nSPS) is 10.3. The van der Waals surface area contributed by atoms with Gasteiger partial charge < -0.3 is 28.7 Å². The SMILES string of the molecule is CC(=O)CC(C)(C)C.CC(=O)OCC1c2ccccc2-c2ccccc21.CC(=O)OCc1ccccc1.CC(C)=O.CC(C)=O.CC(C)=O. The van der Waals surface area contributed by atoms with Crippen molar-refractivity contribution in [3.63, 3.8) is 0 Å². The fourth-order valence-electron chi connectivity index (χ4n) is 4.15. The Morgan fingerprint density at radius 2 is 0.878 bits per heavy atom. The molecule has 3 aromatic carbocycles. The Morgan fingerprint density at radius 3 is 1.18 bits per heavy atom. The molecule has 0 saturated carbocycles. The standard InChI is InChI=1S/C16H14O2.C9H10O2.C7H14O.3C3H6O/c1-11(17)18-10-16-14-8-4-2-6-12(14)13-7-3-5-9-15(13)16;1-8(10)11-7-9-5-3-2-4-6-9;1-6(8)5-7(2,3)4;3*1-3(2)4/h2-9,16H,10H2,1H3;2-6H,7H2,1H3;5H2,1-4H3;3*1-2H3. The number of hydrogen-bond donors (Lipinski definition) is 0. The highest BCUT2D eigenvalue weighted by Crippen LogP contribution is 2.44. The maximum absolute atomic E-state index is 11.0. The first-order valence-corrected chi connectivity index (χ1v) is 16.1. The summed E-state index contributed by atoms with van der Waals surface area (Å²) in [6.45, 7) is 20.6. The lowest BCUT2D eigenvalue weighted by Crippen LogP contribution is -2.09. The number of fused-ring (bicyclic) bond motifs is 3. The number of carbonyl (C=O) groups is 6. The summed E-state index contributed by atoms with van der Waals surface area (Å²) in [7, 11) is 0. The maximum Gasteiger partial charge on any atom is 0.302 e. The molecular formula is C41H56O8. The third-order valence-corrected chi connectivity index (χ3v) is 5.48. The van der Waals surface area contributed by atoms with E-state index in [1.165, 1.54) is 77.6 Å². The van der Waals surface area contributed by atoms with E-state index in [9.17, 15) is 28.8 Å². The third-order valence-electron chi connectivity index (χ3n) is 5.48. The van der Waals surface area contributed by atoms with Crippen LogP contribution in [0.1, 0.15) is 112 Å². The quantitative estimate of drug-likeness (QED) is 0.246. The van der Waals surface area contributed by atoms with E-state index in [1.807, 2.05) is 54.6 Å². The van der Waals surface area contributed by atoms with Crippen LogP contribution >= 0.6 is 0 Å². The molecule has 49 heavy (non-hydrogen) atoms. The van der Waals surface area contributed by atoms with Crippen molar-refractivity contribution >= 4 is 35.1 Å². The van der Waals surface area contributed by atoms with Crippen molar-refractivity contribution in [1.82, 2.24) is 0 Å². The number of esters is 2. The topological polar surface area (TPSA) is 121 Å². The highest BCUT2D eigenvalue weighted by Gasteiger charge is 2.28. The number of carbonyl (C=O) groups excluding carboxylic acids is 6. The summed E-state index contributed by atoms with van der Waals surface area (Å²) >= 11 is 0. The average molecular weight is 677 g/mol. The summed E-state index contributed by atoms with van der Waals surface area (Å²) in [6.07, 6.45) is 0.687. The number of Topliss-reactive ketones (excluding diaryl/α,β-unsaturated/α-hetero) is 4. The van der Waals surface area contributed by atoms with E-state index in [0.29, 0.717) is 19.6 Å². The van der Waals surface area contributed by atoms with E-state index in [-0.39, 0.29) is 46.4 Å². The van der Waals surface area contributed by atoms with Gasteiger partial charge in [-0.2, -0.15) is 0 Å². The summed E-state index contributed by atoms with van der Waals surface area (Å²) in [4.78, 5) is 60.2. The maximum atomic E-state index is 11.0. The molecule has 1 aliphatic rings. The molecule has 0 saturated heterocycles. The van der Waals surface area contributed by atoms with Gasteiger partial charge in [0.2, 0.25) is 0 Å². The second-order valence-electron chi connectivity index (χ2n) is 13.0. The van der Waals surface area contributed by atoms with Crippen LogP contribution in [0.5, 0.6) is 0 Å². The Morgan fingerprint density at radius 1 is 0.531 bits per heavy atom. The van der Waals surface area contributed by atoms with Crippen LogP contribution in [0, 0.1) is 5.41 Å². The van der Waals surface area contributed by atoms with Crippen LogP contribution in [0.4, 0.5) is 0 Å². The van der Waals surface area contributed by atoms with Crippen molar-refractivity contribution in [2.45, 2.75) is 102 Å². The van der Waals surface area contributed by atoms with E-state index in [1.54, 1.807) is 6.92 Å². The molecule has 0 atom stereocenters. The second kappa shape index (κ2) is 25.3. The van der Waals surface area contributed by atoms with Gasteiger partial charge in [0.25, 0.3) is 0 Å². The molecule has 0 radical (unpaired) electrons. The summed E-state index contributed by atoms with van der Waals surface area (Å²) in [5.41, 5.74) is 6.20. The van der Waals surface area contributed by atoms with Crippen LogP contribution in [0.25, 0.3) is 11.1 Å². The minimum Gasteiger partial charge on any atom is -0.465 e. The minimum atomic E-state index is -0.242. The zero-order chi connectivity index (χ0) is 38.2. The Labute approximate surface area is 293 Å². The Hall–Kier alpha value is -4.72. The number of rotatable bonds is 5. The van der Waals surface area contributed by atoms with Gasteiger partial charge in [0, 0.05) is 26.2 Å². The Kier molecular flexibility index (Phi) is 24.0. The minimum absolute atomic E-state index is 0.167. The first-order valence-electron chi connectivity index (χ1n) is 16.1. The van der Waals surface area contributed by atoms with Crippen molar-refractivity contribution < 1.29 is 38.2 Å². The van der Waals surface area contributed by atoms with Crippen LogP contribution in [0.2, 0.25) is 0 Å². The molecule has 8 nitrogen and oxygen atoms in total. The lowest BCUT2D eigenvalue weighted by Gasteiger charge is -2.14. The molecule has 1 aliphatic carbocycles. The van der Waals surface area contributed by atoms with Gasteiger partial charge in [0.05, 0.1) is 0 Å². The van der Waals surface area contributed by atoms with Crippen molar-refractivity contribution in [3.8, 4) is 11.1 Å². The number of hydrogen-bond acceptors (Lipinski definition) is 8. The fraction of sp³-hybridized carbons (Fsp3) is 0.415. The van der Waals surface area contributed by atoms with Gasteiger partial charge in [-0.05, 0) is 81.7 Å². The highest BCUT2D eigenvalue weighted by atomic mass is 16.5. The Bertz CT molecular complexity index is 1380. The van der Waals surface area contributed by atoms with Gasteiger partial charge in [-0.15, -0.1) is 0 Å². The van der Waals surface area contributed by atoms with Crippen LogP contribution in [0.3, 0.4) is 0 Å². The average Bonchev–Trinajstić information content (AvgIpc) is 3.28. The predicted octanol–water partition coefficient (Wildman–Crippen LogP) is 8.91. The lowest BCUT2D eigenvalue weighted by atomic mass is 9.91. The number of ketones is 4. The lowest BCUT2D eigenvalue weighted by molar-refractivity contribution is -0.142. The smallest absolute Gasteiger partial charge is 0.302 e. The van der Waals surface area contributed by atoms with Crippen molar-refractivity contribution in [1.29, 1.82) is 0 Å². The van der Waals surface area contributed by atoms with Crippen LogP contribution in [0.15, 0.2) is 78.9 Å². The molecule has 0 fully saturated rings. The molecule has 8 heteroatoms. The molecule has 4 rings (SSSR count). The summed E-state index contributed by atoms with van der Waals surface area (Å²) in [5, 5.41) is 0. The molecule has 0 bridgehead atoms. The molecule has 0 aliphatic heterocycles. The van der Waals surface area contributed by atoms with Crippen LogP contribution < -0.4 is 0 Å². The number of ether oxygens (including phenoxy) is 2. The summed E-state index contributed by atoms with van der Waals surface area (Å²) in [6, 6.07) is 26.2. The predicted molar refractivity (Wildman–Crippen MR) is 196 cm³/mol. The zero-order valence-electron chi connectivity index (χ0n) is 31.5. The van der Waals surface area contributed by atoms with E-state index >= 15 is 0 Å². The Balaban J connectivity index is 0. The molecule has 3 aromatic rings. The molecule has 0 aromatic heterocycles. The van der Waals surface area contributed by atoms with Gasteiger partial charge in [-0.1, -0.05) is 99.6 Å². The van der Waals surface area contributed by atoms with Crippen molar-refractivity contribution in [2.24, 2.45) is 5.41 Å². The molecule has 0 spiro atoms. The fourth-order valence-corrected chi connectivity index (χ4v) is 4.15. The third kappa shape index (κ3) is 27.0. The van der Waals surface area contributed by atoms with E-state index < -0.39 is 0 Å². The first-order chi connectivity index (χ1) is 22.7. The largest absolute Gasteiger partial charge is 0.465 e. The highest BCUT2D eigenvalue weighted by molar-refractivity contribution is 5.79. The second-order valence-corrected chi connectivity index (χ2v) is 13.0. The summed E-state index contributed by atoms with van der Waals surface area (Å²) < 4.78 is 9.99. The van der Waals surface area contributed by atoms with Crippen LogP contribution in [-0.2, 0) is 44.8 Å². The van der Waals surface area contributed by atoms with Gasteiger partial charge >= 0.3 is 11.9 Å². The van der Waals surface area contributed by atoms with E-state index in [4.69, 9.17) is 9.47 Å². The summed E-state index contributed by atoms with van der Waals surface area (Å²) in [5.74, 6) is 0.476. The van der Waals surface area contributed by atoms with Gasteiger partial charge in [-0.3, -0.25) is 9.59 Å². The van der Waals surface area contributed by atoms with Gasteiger partial charge in [-0.25, -0.2) is 0 Å². The molecule has 0 N–H and O–H groups in total. The molecular weight excluding hydrogens is 620 g/mol. The van der Waals surface area contributed by atoms with E-state index in [0.717, 1.165) is 5.56 Å². The van der Waals surface area contributed by atoms with Gasteiger partial charge in [0.1, 0.15) is 36.3 Å². The molecule has 0 amide bonds. The van der Waals surface area contributed by atoms with Crippen LogP contribution in [-0.4, -0.2) is 41.7 Å². The monoisotopic (exact) mass is 676 g/mol. The molecule has 0 heterocycles. The molecule has 0 unspecified atom stereocenters. The first kappa shape index (κ1) is 46.4. The molecule has 268 valence electrons. The van der Waals surface area contributed by atoms with E-state index in [2.05, 4.69) is 45.0 Å².